The molecule has 9 nitrogen and oxygen atoms in total. The molecular weight excluding hydrogens is 443 g/mol. The molecule has 0 spiro atoms. The van der Waals surface area contributed by atoms with Crippen LogP contribution in [0.3, 0.4) is 0 Å². The van der Waals surface area contributed by atoms with E-state index in [0.29, 0.717) is 26.2 Å². The first-order chi connectivity index (χ1) is 15.7. The van der Waals surface area contributed by atoms with Crippen LogP contribution in [0.2, 0.25) is 0 Å². The molecule has 1 aliphatic rings. The lowest BCUT2D eigenvalue weighted by Crippen LogP contribution is -2.48. The molecule has 1 aromatic heterocycles. The fourth-order valence-corrected chi connectivity index (χ4v) is 3.56. The van der Waals surface area contributed by atoms with Crippen molar-refractivity contribution in [3.63, 3.8) is 0 Å². The molecule has 33 heavy (non-hydrogen) atoms. The third kappa shape index (κ3) is 5.00. The van der Waals surface area contributed by atoms with Gasteiger partial charge in [0.1, 0.15) is 5.56 Å². The standard InChI is InChI=1S/C21H18F3N5O4/c22-21(23,24)15-5-3-4-14(12-15)19-25-18(33-26-19)13-27-8-10-28(11-9-27)20(30)16-6-1-2-7-17(16)29(31)32/h1-7,12H,8-11,13H2. The smallest absolute Gasteiger partial charge is 0.338 e. The van der Waals surface area contributed by atoms with Gasteiger partial charge in [-0.05, 0) is 18.2 Å². The van der Waals surface area contributed by atoms with Gasteiger partial charge in [-0.1, -0.05) is 29.4 Å². The summed E-state index contributed by atoms with van der Waals surface area (Å²) in [7, 11) is 0. The first kappa shape index (κ1) is 22.4. The summed E-state index contributed by atoms with van der Waals surface area (Å²) in [4.78, 5) is 31.0. The van der Waals surface area contributed by atoms with Crippen LogP contribution in [0.1, 0.15) is 21.8 Å². The maximum atomic E-state index is 12.9. The highest BCUT2D eigenvalue weighted by Gasteiger charge is 2.31. The van der Waals surface area contributed by atoms with E-state index in [4.69, 9.17) is 4.52 Å². The maximum absolute atomic E-state index is 12.9. The first-order valence-electron chi connectivity index (χ1n) is 9.97. The van der Waals surface area contributed by atoms with E-state index in [9.17, 15) is 28.1 Å². The van der Waals surface area contributed by atoms with Crippen LogP contribution < -0.4 is 0 Å². The normalized spacial score (nSPS) is 14.9. The molecule has 0 saturated carbocycles. The number of nitro benzene ring substituents is 1. The highest BCUT2D eigenvalue weighted by Crippen LogP contribution is 2.31. The average molecular weight is 461 g/mol. The Morgan fingerprint density at radius 3 is 2.52 bits per heavy atom. The number of amides is 1. The molecule has 0 aliphatic carbocycles. The van der Waals surface area contributed by atoms with Gasteiger partial charge in [0.2, 0.25) is 11.7 Å². The largest absolute Gasteiger partial charge is 0.416 e. The maximum Gasteiger partial charge on any atom is 0.416 e. The zero-order chi connectivity index (χ0) is 23.6. The van der Waals surface area contributed by atoms with Gasteiger partial charge in [-0.25, -0.2) is 0 Å². The number of hydrogen-bond donors (Lipinski definition) is 0. The first-order valence-corrected chi connectivity index (χ1v) is 9.97. The van der Waals surface area contributed by atoms with Crippen molar-refractivity contribution < 1.29 is 27.4 Å². The second-order valence-electron chi connectivity index (χ2n) is 7.43. The molecule has 0 N–H and O–H groups in total. The number of aromatic nitrogens is 2. The predicted molar refractivity (Wildman–Crippen MR) is 109 cm³/mol. The minimum Gasteiger partial charge on any atom is -0.338 e. The molecule has 1 aliphatic heterocycles. The second-order valence-corrected chi connectivity index (χ2v) is 7.43. The molecular formula is C21H18F3N5O4. The van der Waals surface area contributed by atoms with Gasteiger partial charge in [-0.3, -0.25) is 19.8 Å². The van der Waals surface area contributed by atoms with E-state index in [1.54, 1.807) is 11.0 Å². The number of carbonyl (C=O) groups excluding carboxylic acids is 1. The van der Waals surface area contributed by atoms with Crippen LogP contribution in [0.4, 0.5) is 18.9 Å². The van der Waals surface area contributed by atoms with Crippen molar-refractivity contribution in [1.29, 1.82) is 0 Å². The molecule has 0 unspecified atom stereocenters. The van der Waals surface area contributed by atoms with E-state index in [1.807, 2.05) is 4.90 Å². The number of hydrogen-bond acceptors (Lipinski definition) is 7. The number of nitrogens with zero attached hydrogens (tertiary/aromatic N) is 5. The van der Waals surface area contributed by atoms with Crippen LogP contribution in [0.5, 0.6) is 0 Å². The number of nitro groups is 1. The third-order valence-electron chi connectivity index (χ3n) is 5.27. The van der Waals surface area contributed by atoms with E-state index < -0.39 is 22.6 Å². The van der Waals surface area contributed by atoms with Crippen molar-refractivity contribution in [2.75, 3.05) is 26.2 Å². The summed E-state index contributed by atoms with van der Waals surface area (Å²) in [6.45, 7) is 1.89. The molecule has 3 aromatic rings. The quantitative estimate of drug-likeness (QED) is 0.422. The van der Waals surface area contributed by atoms with Crippen LogP contribution in [0.25, 0.3) is 11.4 Å². The Morgan fingerprint density at radius 2 is 1.82 bits per heavy atom. The Hall–Kier alpha value is -3.80. The van der Waals surface area contributed by atoms with Crippen molar-refractivity contribution in [3.05, 3.63) is 75.7 Å². The second kappa shape index (κ2) is 8.98. The molecule has 2 heterocycles. The third-order valence-corrected chi connectivity index (χ3v) is 5.27. The van der Waals surface area contributed by atoms with E-state index in [2.05, 4.69) is 10.1 Å². The summed E-state index contributed by atoms with van der Waals surface area (Å²) in [5.74, 6) is -0.117. The zero-order valence-corrected chi connectivity index (χ0v) is 17.2. The molecule has 1 fully saturated rings. The number of para-hydroxylation sites is 1. The number of carbonyl (C=O) groups is 1. The van der Waals surface area contributed by atoms with Crippen molar-refractivity contribution in [2.45, 2.75) is 12.7 Å². The predicted octanol–water partition coefficient (Wildman–Crippen LogP) is 3.62. The van der Waals surface area contributed by atoms with Crippen molar-refractivity contribution in [2.24, 2.45) is 0 Å². The molecule has 4 rings (SSSR count). The van der Waals surface area contributed by atoms with Gasteiger partial charge >= 0.3 is 6.18 Å². The lowest BCUT2D eigenvalue weighted by molar-refractivity contribution is -0.385. The van der Waals surface area contributed by atoms with E-state index in [-0.39, 0.29) is 35.1 Å². The van der Waals surface area contributed by atoms with Crippen LogP contribution in [0, 0.1) is 10.1 Å². The number of benzene rings is 2. The Bertz CT molecular complexity index is 1170. The molecule has 12 heteroatoms. The van der Waals surface area contributed by atoms with E-state index in [0.717, 1.165) is 12.1 Å². The summed E-state index contributed by atoms with van der Waals surface area (Å²) in [5, 5.41) is 15.0. The van der Waals surface area contributed by atoms with Gasteiger partial charge in [0.25, 0.3) is 11.6 Å². The number of piperazine rings is 1. The van der Waals surface area contributed by atoms with Gasteiger partial charge in [-0.2, -0.15) is 18.2 Å². The van der Waals surface area contributed by atoms with E-state index in [1.165, 1.54) is 30.3 Å². The molecule has 0 radical (unpaired) electrons. The van der Waals surface area contributed by atoms with Crippen molar-refractivity contribution in [1.82, 2.24) is 19.9 Å². The molecule has 172 valence electrons. The molecule has 0 atom stereocenters. The Labute approximate surface area is 185 Å². The Morgan fingerprint density at radius 1 is 1.09 bits per heavy atom. The lowest BCUT2D eigenvalue weighted by atomic mass is 10.1. The summed E-state index contributed by atoms with van der Waals surface area (Å²) >= 11 is 0. The highest BCUT2D eigenvalue weighted by molar-refractivity contribution is 5.98. The molecule has 1 amide bonds. The minimum absolute atomic E-state index is 0.0404. The van der Waals surface area contributed by atoms with Gasteiger partial charge in [0.05, 0.1) is 17.0 Å². The minimum atomic E-state index is -4.47. The summed E-state index contributed by atoms with van der Waals surface area (Å²) in [5.41, 5.74) is -0.804. The van der Waals surface area contributed by atoms with Crippen LogP contribution in [-0.4, -0.2) is 56.9 Å². The van der Waals surface area contributed by atoms with Crippen molar-refractivity contribution in [3.8, 4) is 11.4 Å². The van der Waals surface area contributed by atoms with Gasteiger partial charge in [0, 0.05) is 37.8 Å². The summed E-state index contributed by atoms with van der Waals surface area (Å²) in [6.07, 6.45) is -4.47. The lowest BCUT2D eigenvalue weighted by Gasteiger charge is -2.33. The summed E-state index contributed by atoms with van der Waals surface area (Å²) < 4.78 is 44.0. The molecule has 2 aromatic carbocycles. The molecule has 0 bridgehead atoms. The monoisotopic (exact) mass is 461 g/mol. The fourth-order valence-electron chi connectivity index (χ4n) is 3.56. The topological polar surface area (TPSA) is 106 Å². The number of halogens is 3. The van der Waals surface area contributed by atoms with Gasteiger partial charge in [-0.15, -0.1) is 0 Å². The van der Waals surface area contributed by atoms with Gasteiger partial charge < -0.3 is 9.42 Å². The number of rotatable bonds is 5. The zero-order valence-electron chi connectivity index (χ0n) is 17.2. The average Bonchev–Trinajstić information content (AvgIpc) is 3.27. The highest BCUT2D eigenvalue weighted by atomic mass is 19.4. The van der Waals surface area contributed by atoms with Crippen LogP contribution in [-0.2, 0) is 12.7 Å². The van der Waals surface area contributed by atoms with Crippen molar-refractivity contribution >= 4 is 11.6 Å². The molecule has 1 saturated heterocycles. The van der Waals surface area contributed by atoms with E-state index >= 15 is 0 Å². The summed E-state index contributed by atoms with van der Waals surface area (Å²) in [6, 6.07) is 10.5. The fraction of sp³-hybridized carbons (Fsp3) is 0.286. The number of alkyl halides is 3. The Kier molecular flexibility index (Phi) is 6.09. The van der Waals surface area contributed by atoms with Gasteiger partial charge in [0.15, 0.2) is 0 Å². The SMILES string of the molecule is O=C(c1ccccc1[N+](=O)[O-])N1CCN(Cc2nc(-c3cccc(C(F)(F)F)c3)no2)CC1. The van der Waals surface area contributed by atoms with Crippen LogP contribution in [0.15, 0.2) is 53.1 Å². The van der Waals surface area contributed by atoms with Crippen LogP contribution >= 0.6 is 0 Å². The Balaban J connectivity index is 1.37.